The first-order valence-corrected chi connectivity index (χ1v) is 4.95. The molecular formula is C9H18N2O3. The van der Waals surface area contributed by atoms with Crippen molar-refractivity contribution in [2.75, 3.05) is 26.2 Å². The van der Waals surface area contributed by atoms with E-state index < -0.39 is 12.0 Å². The summed E-state index contributed by atoms with van der Waals surface area (Å²) in [6.07, 6.45) is 1.18. The molecule has 82 valence electrons. The van der Waals surface area contributed by atoms with Gasteiger partial charge in [-0.1, -0.05) is 6.92 Å². The minimum absolute atomic E-state index is 0.227. The zero-order valence-corrected chi connectivity index (χ0v) is 8.48. The molecule has 2 unspecified atom stereocenters. The lowest BCUT2D eigenvalue weighted by Gasteiger charge is -2.33. The molecule has 1 aliphatic heterocycles. The summed E-state index contributed by atoms with van der Waals surface area (Å²) in [5, 5.41) is 8.65. The van der Waals surface area contributed by atoms with E-state index in [-0.39, 0.29) is 6.10 Å². The highest BCUT2D eigenvalue weighted by Crippen LogP contribution is 2.08. The largest absolute Gasteiger partial charge is 0.480 e. The summed E-state index contributed by atoms with van der Waals surface area (Å²) in [5.74, 6) is -0.940. The first-order chi connectivity index (χ1) is 6.63. The summed E-state index contributed by atoms with van der Waals surface area (Å²) >= 11 is 0. The Balaban J connectivity index is 2.33. The molecular weight excluding hydrogens is 184 g/mol. The van der Waals surface area contributed by atoms with Gasteiger partial charge in [0.1, 0.15) is 6.04 Å². The third-order valence-corrected chi connectivity index (χ3v) is 2.45. The van der Waals surface area contributed by atoms with Gasteiger partial charge < -0.3 is 15.6 Å². The van der Waals surface area contributed by atoms with Crippen LogP contribution in [-0.4, -0.2) is 54.4 Å². The van der Waals surface area contributed by atoms with Crippen LogP contribution in [0.1, 0.15) is 13.3 Å². The molecule has 0 aromatic heterocycles. The van der Waals surface area contributed by atoms with Gasteiger partial charge >= 0.3 is 5.97 Å². The predicted molar refractivity (Wildman–Crippen MR) is 52.1 cm³/mol. The maximum Gasteiger partial charge on any atom is 0.321 e. The van der Waals surface area contributed by atoms with Gasteiger partial charge in [0.05, 0.1) is 12.7 Å². The molecule has 14 heavy (non-hydrogen) atoms. The first-order valence-electron chi connectivity index (χ1n) is 4.95. The fourth-order valence-electron chi connectivity index (χ4n) is 1.55. The lowest BCUT2D eigenvalue weighted by atomic mass is 10.2. The van der Waals surface area contributed by atoms with Crippen LogP contribution in [0.15, 0.2) is 0 Å². The van der Waals surface area contributed by atoms with Crippen molar-refractivity contribution < 1.29 is 14.6 Å². The van der Waals surface area contributed by atoms with E-state index >= 15 is 0 Å². The van der Waals surface area contributed by atoms with Crippen molar-refractivity contribution in [2.24, 2.45) is 5.73 Å². The van der Waals surface area contributed by atoms with Gasteiger partial charge in [-0.2, -0.15) is 0 Å². The molecule has 5 nitrogen and oxygen atoms in total. The molecule has 5 heteroatoms. The smallest absolute Gasteiger partial charge is 0.321 e. The minimum Gasteiger partial charge on any atom is -0.480 e. The van der Waals surface area contributed by atoms with Gasteiger partial charge in [-0.3, -0.25) is 9.69 Å². The van der Waals surface area contributed by atoms with Crippen LogP contribution in [0.2, 0.25) is 0 Å². The second-order valence-electron chi connectivity index (χ2n) is 3.61. The molecule has 0 amide bonds. The second kappa shape index (κ2) is 5.29. The standard InChI is InChI=1S/C9H18N2O3/c1-2-7-5-11(3-4-14-7)6-8(10)9(12)13/h7-8H,2-6,10H2,1H3,(H,12,13). The summed E-state index contributed by atoms with van der Waals surface area (Å²) in [7, 11) is 0. The van der Waals surface area contributed by atoms with Crippen molar-refractivity contribution in [1.82, 2.24) is 4.90 Å². The Labute approximate surface area is 83.8 Å². The molecule has 1 fully saturated rings. The summed E-state index contributed by atoms with van der Waals surface area (Å²) in [6.45, 7) is 4.71. The molecule has 0 bridgehead atoms. The summed E-state index contributed by atoms with van der Waals surface area (Å²) in [6, 6.07) is -0.786. The van der Waals surface area contributed by atoms with Gasteiger partial charge in [0.25, 0.3) is 0 Å². The maximum atomic E-state index is 10.5. The zero-order valence-electron chi connectivity index (χ0n) is 8.48. The van der Waals surface area contributed by atoms with E-state index in [9.17, 15) is 4.79 Å². The topological polar surface area (TPSA) is 75.8 Å². The molecule has 0 spiro atoms. The summed E-state index contributed by atoms with van der Waals surface area (Å²) in [4.78, 5) is 12.6. The van der Waals surface area contributed by atoms with Crippen LogP contribution in [0, 0.1) is 0 Å². The average Bonchev–Trinajstić information content (AvgIpc) is 2.18. The van der Waals surface area contributed by atoms with E-state index in [0.29, 0.717) is 13.2 Å². The van der Waals surface area contributed by atoms with Crippen LogP contribution in [0.25, 0.3) is 0 Å². The number of hydrogen-bond acceptors (Lipinski definition) is 4. The van der Waals surface area contributed by atoms with Gasteiger partial charge in [-0.05, 0) is 6.42 Å². The van der Waals surface area contributed by atoms with E-state index in [1.807, 2.05) is 0 Å². The SMILES string of the molecule is CCC1CN(CC(N)C(=O)O)CCO1. The highest BCUT2D eigenvalue weighted by molar-refractivity contribution is 5.73. The third kappa shape index (κ3) is 3.25. The Bertz CT molecular complexity index is 198. The summed E-state index contributed by atoms with van der Waals surface area (Å²) in [5.41, 5.74) is 5.45. The van der Waals surface area contributed by atoms with Crippen molar-refractivity contribution in [1.29, 1.82) is 0 Å². The van der Waals surface area contributed by atoms with Crippen molar-refractivity contribution in [2.45, 2.75) is 25.5 Å². The highest BCUT2D eigenvalue weighted by Gasteiger charge is 2.22. The number of nitrogens with two attached hydrogens (primary N) is 1. The van der Waals surface area contributed by atoms with Crippen LogP contribution in [0.5, 0.6) is 0 Å². The zero-order chi connectivity index (χ0) is 10.6. The number of morpholine rings is 1. The van der Waals surface area contributed by atoms with Gasteiger partial charge in [0.15, 0.2) is 0 Å². The molecule has 0 saturated carbocycles. The van der Waals surface area contributed by atoms with E-state index in [1.54, 1.807) is 0 Å². The first kappa shape index (κ1) is 11.4. The van der Waals surface area contributed by atoms with Crippen LogP contribution < -0.4 is 5.73 Å². The van der Waals surface area contributed by atoms with Gasteiger partial charge in [-0.15, -0.1) is 0 Å². The number of rotatable bonds is 4. The number of nitrogens with zero attached hydrogens (tertiary/aromatic N) is 1. The molecule has 1 heterocycles. The van der Waals surface area contributed by atoms with Gasteiger partial charge in [0, 0.05) is 19.6 Å². The second-order valence-corrected chi connectivity index (χ2v) is 3.61. The van der Waals surface area contributed by atoms with Crippen LogP contribution in [0.3, 0.4) is 0 Å². The van der Waals surface area contributed by atoms with Crippen LogP contribution in [-0.2, 0) is 9.53 Å². The molecule has 2 atom stereocenters. The maximum absolute atomic E-state index is 10.5. The monoisotopic (exact) mass is 202 g/mol. The Morgan fingerprint density at radius 2 is 2.50 bits per heavy atom. The fraction of sp³-hybridized carbons (Fsp3) is 0.889. The Morgan fingerprint density at radius 3 is 3.07 bits per heavy atom. The van der Waals surface area contributed by atoms with Crippen molar-refractivity contribution in [3.8, 4) is 0 Å². The lowest BCUT2D eigenvalue weighted by Crippen LogP contribution is -2.49. The lowest BCUT2D eigenvalue weighted by molar-refractivity contribution is -0.139. The number of carbonyl (C=O) groups is 1. The highest BCUT2D eigenvalue weighted by atomic mass is 16.5. The van der Waals surface area contributed by atoms with Crippen LogP contribution >= 0.6 is 0 Å². The Kier molecular flexibility index (Phi) is 4.31. The molecule has 1 rings (SSSR count). The number of carboxylic acids is 1. The quantitative estimate of drug-likeness (QED) is 0.643. The third-order valence-electron chi connectivity index (χ3n) is 2.45. The molecule has 0 aromatic carbocycles. The van der Waals surface area contributed by atoms with E-state index in [2.05, 4.69) is 11.8 Å². The van der Waals surface area contributed by atoms with Crippen molar-refractivity contribution >= 4 is 5.97 Å². The normalized spacial score (nSPS) is 26.0. The Hall–Kier alpha value is -0.650. The molecule has 1 saturated heterocycles. The number of ether oxygens (including phenoxy) is 1. The van der Waals surface area contributed by atoms with Gasteiger partial charge in [-0.25, -0.2) is 0 Å². The van der Waals surface area contributed by atoms with Gasteiger partial charge in [0.2, 0.25) is 0 Å². The summed E-state index contributed by atoms with van der Waals surface area (Å²) < 4.78 is 5.47. The van der Waals surface area contributed by atoms with E-state index in [4.69, 9.17) is 15.6 Å². The average molecular weight is 202 g/mol. The number of carboxylic acid groups (broad SMARTS) is 1. The fourth-order valence-corrected chi connectivity index (χ4v) is 1.55. The Morgan fingerprint density at radius 1 is 1.79 bits per heavy atom. The molecule has 3 N–H and O–H groups in total. The van der Waals surface area contributed by atoms with Crippen molar-refractivity contribution in [3.05, 3.63) is 0 Å². The molecule has 0 radical (unpaired) electrons. The number of hydrogen-bond donors (Lipinski definition) is 2. The van der Waals surface area contributed by atoms with Crippen LogP contribution in [0.4, 0.5) is 0 Å². The number of aliphatic carboxylic acids is 1. The molecule has 1 aliphatic rings. The molecule has 0 aliphatic carbocycles. The predicted octanol–water partition coefficient (Wildman–Crippen LogP) is -0.491. The van der Waals surface area contributed by atoms with E-state index in [1.165, 1.54) is 0 Å². The minimum atomic E-state index is -0.940. The van der Waals surface area contributed by atoms with E-state index in [0.717, 1.165) is 19.5 Å². The van der Waals surface area contributed by atoms with Crippen molar-refractivity contribution in [3.63, 3.8) is 0 Å². The molecule has 0 aromatic rings.